The molecule has 0 unspecified atom stereocenters. The van der Waals surface area contributed by atoms with E-state index in [1.807, 2.05) is 88.5 Å². The molecule has 0 atom stereocenters. The van der Waals surface area contributed by atoms with Crippen molar-refractivity contribution in [2.75, 3.05) is 7.11 Å². The molecule has 0 bridgehead atoms. The van der Waals surface area contributed by atoms with Crippen LogP contribution in [0.4, 0.5) is 16.3 Å². The number of benzene rings is 2. The molecule has 1 N–H and O–H groups in total. The average molecular weight is 897 g/mol. The maximum Gasteiger partial charge on any atom is 0.337 e. The minimum Gasteiger partial charge on any atom is -0.465 e. The highest BCUT2D eigenvalue weighted by atomic mass is 19.0. The Morgan fingerprint density at radius 1 is 0.742 bits per heavy atom. The number of hydrogen-bond donors (Lipinski definition) is 1. The Kier molecular flexibility index (Phi) is 13.3. The fraction of sp³-hybridized carbons (Fsp3) is 0.312. The van der Waals surface area contributed by atoms with Crippen molar-refractivity contribution in [3.63, 3.8) is 0 Å². The van der Waals surface area contributed by atoms with E-state index in [2.05, 4.69) is 20.2 Å². The smallest absolute Gasteiger partial charge is 0.337 e. The molecular weight excluding hydrogens is 844 g/mol. The summed E-state index contributed by atoms with van der Waals surface area (Å²) in [6.45, 7) is 9.97. The minimum absolute atomic E-state index is 0. The van der Waals surface area contributed by atoms with E-state index in [1.165, 1.54) is 7.11 Å². The molecule has 66 heavy (non-hydrogen) atoms. The molecule has 0 saturated carbocycles. The average Bonchev–Trinajstić information content (AvgIpc) is 4.15. The number of carbonyl (C=O) groups excluding carboxylic acids is 1. The molecule has 6 aromatic heterocycles. The second kappa shape index (κ2) is 18.9. The SMILES string of the molecule is C.CCCn1c(=O)c2c(n3ccnc13)N=C(c1cnn(Cc3cccc(C(=O)OC)c3)c1)C2.CCCn1c(=O)c2c(n3ccnc13)N=C(c1cnn(Cc3cccc(C(C)(C)O)c3)c1)C2.F. The molecule has 17 nitrogen and oxygen atoms in total. The van der Waals surface area contributed by atoms with Gasteiger partial charge in [0.1, 0.15) is 11.6 Å². The standard InChI is InChI=1S/C24H26N6O2.C23H22N6O3.CH4.FH/c1-4-9-30-22(31)19-12-20(27-21(19)29-10-8-25-23(29)30)17-13-26-28(15-17)14-16-6-5-7-18(11-16)24(2,3)32;1-3-8-29-21(30)18-11-19(26-20(18)28-9-7-24-23(28)29)17-12-25-27(14-17)13-15-5-4-6-16(10-15)22(31)32-2;;/h5-8,10-11,13,15,32H,4,9,12,14H2,1-3H3;4-7,9-10,12,14H,3,8,11,13H2,1-2H3;1H4;1H. The Morgan fingerprint density at radius 2 is 1.23 bits per heavy atom. The second-order valence-corrected chi connectivity index (χ2v) is 16.5. The fourth-order valence-electron chi connectivity index (χ4n) is 8.25. The van der Waals surface area contributed by atoms with Crippen molar-refractivity contribution >= 4 is 40.6 Å². The van der Waals surface area contributed by atoms with Crippen molar-refractivity contribution < 1.29 is 19.3 Å². The van der Waals surface area contributed by atoms with E-state index in [1.54, 1.807) is 64.6 Å². The number of esters is 1. The zero-order valence-corrected chi connectivity index (χ0v) is 36.7. The Balaban J connectivity index is 0.000000191. The lowest BCUT2D eigenvalue weighted by atomic mass is 9.96. The van der Waals surface area contributed by atoms with Gasteiger partial charge in [0.05, 0.1) is 66.3 Å². The van der Waals surface area contributed by atoms with Crippen LogP contribution in [0.25, 0.3) is 11.6 Å². The van der Waals surface area contributed by atoms with Crippen LogP contribution in [0.15, 0.2) is 118 Å². The molecule has 2 aliphatic rings. The zero-order valence-electron chi connectivity index (χ0n) is 36.7. The highest BCUT2D eigenvalue weighted by Crippen LogP contribution is 2.29. The summed E-state index contributed by atoms with van der Waals surface area (Å²) >= 11 is 0. The molecule has 2 aliphatic heterocycles. The number of imidazole rings is 2. The number of aryl methyl sites for hydroxylation is 2. The third kappa shape index (κ3) is 8.78. The maximum atomic E-state index is 13.1. The largest absolute Gasteiger partial charge is 0.465 e. The number of methoxy groups -OCH3 is 1. The number of carbonyl (C=O) groups is 1. The Labute approximate surface area is 379 Å². The van der Waals surface area contributed by atoms with Crippen molar-refractivity contribution in [1.29, 1.82) is 0 Å². The van der Waals surface area contributed by atoms with Gasteiger partial charge >= 0.3 is 5.97 Å². The van der Waals surface area contributed by atoms with Gasteiger partial charge in [0.15, 0.2) is 0 Å². The Hall–Kier alpha value is -7.60. The van der Waals surface area contributed by atoms with Gasteiger partial charge in [-0.15, -0.1) is 0 Å². The zero-order chi connectivity index (χ0) is 44.7. The van der Waals surface area contributed by atoms with Crippen molar-refractivity contribution in [3.05, 3.63) is 163 Å². The molecule has 8 heterocycles. The van der Waals surface area contributed by atoms with Gasteiger partial charge in [0.2, 0.25) is 11.6 Å². The molecule has 342 valence electrons. The lowest BCUT2D eigenvalue weighted by Gasteiger charge is -2.18. The van der Waals surface area contributed by atoms with Gasteiger partial charge in [0.25, 0.3) is 11.1 Å². The fourth-order valence-corrected chi connectivity index (χ4v) is 8.25. The summed E-state index contributed by atoms with van der Waals surface area (Å²) in [6.07, 6.45) is 17.1. The van der Waals surface area contributed by atoms with Crippen LogP contribution in [-0.4, -0.2) is 77.1 Å². The predicted octanol–water partition coefficient (Wildman–Crippen LogP) is 6.46. The van der Waals surface area contributed by atoms with Crippen LogP contribution in [-0.2, 0) is 49.4 Å². The van der Waals surface area contributed by atoms with Crippen LogP contribution in [0.1, 0.15) is 97.3 Å². The van der Waals surface area contributed by atoms with Gasteiger partial charge in [-0.3, -0.25) is 41.6 Å². The number of ether oxygens (including phenoxy) is 1. The van der Waals surface area contributed by atoms with Gasteiger partial charge in [-0.1, -0.05) is 57.7 Å². The van der Waals surface area contributed by atoms with Crippen molar-refractivity contribution in [1.82, 2.24) is 47.5 Å². The third-order valence-corrected chi connectivity index (χ3v) is 11.4. The molecule has 0 fully saturated rings. The number of aromatic nitrogens is 10. The Morgan fingerprint density at radius 3 is 1.70 bits per heavy atom. The van der Waals surface area contributed by atoms with Gasteiger partial charge in [-0.05, 0) is 55.5 Å². The normalized spacial score (nSPS) is 12.8. The summed E-state index contributed by atoms with van der Waals surface area (Å²) in [4.78, 5) is 56.2. The number of nitrogens with zero attached hydrogens (tertiary/aromatic N) is 12. The van der Waals surface area contributed by atoms with E-state index in [-0.39, 0.29) is 29.2 Å². The van der Waals surface area contributed by atoms with Crippen LogP contribution in [0, 0.1) is 0 Å². The van der Waals surface area contributed by atoms with Crippen molar-refractivity contribution in [2.24, 2.45) is 9.98 Å². The molecule has 18 heteroatoms. The number of halogens is 1. The molecule has 10 rings (SSSR count). The summed E-state index contributed by atoms with van der Waals surface area (Å²) in [5, 5.41) is 19.2. The van der Waals surface area contributed by atoms with E-state index in [0.29, 0.717) is 78.9 Å². The molecule has 0 amide bonds. The lowest BCUT2D eigenvalue weighted by Crippen LogP contribution is -2.26. The molecular formula is C48H53FN12O5. The van der Waals surface area contributed by atoms with Crippen LogP contribution in [0.3, 0.4) is 0 Å². The first kappa shape index (κ1) is 46.4. The van der Waals surface area contributed by atoms with E-state index < -0.39 is 5.60 Å². The molecule has 2 aromatic carbocycles. The highest BCUT2D eigenvalue weighted by Gasteiger charge is 2.27. The van der Waals surface area contributed by atoms with Crippen LogP contribution < -0.4 is 11.1 Å². The number of hydrogen-bond acceptors (Lipinski definition) is 11. The quantitative estimate of drug-likeness (QED) is 0.135. The molecule has 0 aliphatic carbocycles. The first-order chi connectivity index (χ1) is 30.9. The second-order valence-electron chi connectivity index (χ2n) is 16.5. The topological polar surface area (TPSA) is 185 Å². The summed E-state index contributed by atoms with van der Waals surface area (Å²) < 4.78 is 15.7. The summed E-state index contributed by atoms with van der Waals surface area (Å²) in [5.41, 5.74) is 7.18. The van der Waals surface area contributed by atoms with Crippen molar-refractivity contribution in [2.45, 2.75) is 92.6 Å². The first-order valence-corrected chi connectivity index (χ1v) is 21.3. The van der Waals surface area contributed by atoms with Crippen LogP contribution >= 0.6 is 0 Å². The maximum absolute atomic E-state index is 13.1. The van der Waals surface area contributed by atoms with Gasteiger partial charge < -0.3 is 9.84 Å². The summed E-state index contributed by atoms with van der Waals surface area (Å²) in [7, 11) is 1.36. The first-order valence-electron chi connectivity index (χ1n) is 21.3. The third-order valence-electron chi connectivity index (χ3n) is 11.4. The minimum atomic E-state index is -0.890. The van der Waals surface area contributed by atoms with E-state index in [4.69, 9.17) is 14.7 Å². The monoisotopic (exact) mass is 896 g/mol. The number of aliphatic imine (C=N–C) groups is 2. The van der Waals surface area contributed by atoms with Crippen LogP contribution in [0.2, 0.25) is 0 Å². The highest BCUT2D eigenvalue weighted by molar-refractivity contribution is 6.06. The Bertz CT molecular complexity index is 3270. The van der Waals surface area contributed by atoms with E-state index in [0.717, 1.165) is 52.1 Å². The van der Waals surface area contributed by atoms with Crippen LogP contribution in [0.5, 0.6) is 0 Å². The predicted molar refractivity (Wildman–Crippen MR) is 251 cm³/mol. The van der Waals surface area contributed by atoms with Gasteiger partial charge in [-0.25, -0.2) is 24.7 Å². The molecule has 0 radical (unpaired) electrons. The molecule has 0 saturated heterocycles. The van der Waals surface area contributed by atoms with Gasteiger partial charge in [0, 0.05) is 74.2 Å². The number of rotatable bonds is 12. The van der Waals surface area contributed by atoms with Crippen molar-refractivity contribution in [3.8, 4) is 0 Å². The summed E-state index contributed by atoms with van der Waals surface area (Å²) in [6, 6.07) is 15.2. The van der Waals surface area contributed by atoms with Gasteiger partial charge in [-0.2, -0.15) is 10.2 Å². The summed E-state index contributed by atoms with van der Waals surface area (Å²) in [5.74, 6) is 2.18. The number of aliphatic hydroxyl groups is 1. The van der Waals surface area contributed by atoms with E-state index in [9.17, 15) is 19.5 Å². The van der Waals surface area contributed by atoms with E-state index >= 15 is 0 Å². The number of fused-ring (bicyclic) bond motifs is 6. The molecule has 0 spiro atoms. The molecule has 8 aromatic rings. The lowest BCUT2D eigenvalue weighted by molar-refractivity contribution is 0.0600.